The Balaban J connectivity index is 1.26. The van der Waals surface area contributed by atoms with Crippen LogP contribution in [0.2, 0.25) is 5.02 Å². The van der Waals surface area contributed by atoms with Crippen LogP contribution in [0.1, 0.15) is 10.4 Å². The Morgan fingerprint density at radius 1 is 1.06 bits per heavy atom. The molecule has 174 valence electrons. The molecule has 0 atom stereocenters. The molecule has 0 aliphatic carbocycles. The fourth-order valence-corrected chi connectivity index (χ4v) is 5.18. The van der Waals surface area contributed by atoms with Crippen molar-refractivity contribution in [2.45, 2.75) is 5.16 Å². The van der Waals surface area contributed by atoms with Crippen LogP contribution < -0.4 is 4.73 Å². The first-order valence-electron chi connectivity index (χ1n) is 10.3. The van der Waals surface area contributed by atoms with E-state index in [0.717, 1.165) is 0 Å². The van der Waals surface area contributed by atoms with Gasteiger partial charge in [0.15, 0.2) is 18.2 Å². The van der Waals surface area contributed by atoms with E-state index in [1.807, 2.05) is 0 Å². The maximum Gasteiger partial charge on any atom is 0.276 e. The van der Waals surface area contributed by atoms with Crippen LogP contribution in [0.4, 0.5) is 0 Å². The van der Waals surface area contributed by atoms with Gasteiger partial charge in [-0.15, -0.1) is 0 Å². The van der Waals surface area contributed by atoms with Crippen LogP contribution in [-0.2, 0) is 10.0 Å². The number of nitrogens with one attached hydrogen (secondary N) is 1. The van der Waals surface area contributed by atoms with E-state index in [1.165, 1.54) is 29.1 Å². The number of hydrogen-bond donors (Lipinski definition) is 1. The van der Waals surface area contributed by atoms with Crippen molar-refractivity contribution in [1.29, 1.82) is 0 Å². The number of fused-ring (bicyclic) bond motifs is 1. The Labute approximate surface area is 199 Å². The van der Waals surface area contributed by atoms with E-state index in [1.54, 1.807) is 35.2 Å². The Kier molecular flexibility index (Phi) is 5.63. The van der Waals surface area contributed by atoms with Gasteiger partial charge in [0, 0.05) is 61.3 Å². The van der Waals surface area contributed by atoms with Gasteiger partial charge < -0.3 is 15.1 Å². The number of imidazole rings is 1. The van der Waals surface area contributed by atoms with Crippen molar-refractivity contribution in [2.75, 3.05) is 26.2 Å². The van der Waals surface area contributed by atoms with Crippen molar-refractivity contribution in [1.82, 2.24) is 29.1 Å². The molecule has 1 aliphatic heterocycles. The zero-order valence-corrected chi connectivity index (χ0v) is 19.2. The summed E-state index contributed by atoms with van der Waals surface area (Å²) in [5, 5.41) is 11.5. The number of hydrogen-bond acceptors (Lipinski definition) is 7. The minimum Gasteiger partial charge on any atom is -0.619 e. The van der Waals surface area contributed by atoms with Crippen molar-refractivity contribution in [3.05, 3.63) is 70.9 Å². The molecule has 1 aromatic carbocycles. The Morgan fingerprint density at radius 3 is 2.41 bits per heavy atom. The summed E-state index contributed by atoms with van der Waals surface area (Å²) in [5.74, 6) is 0.104. The van der Waals surface area contributed by atoms with Gasteiger partial charge in [0.25, 0.3) is 15.9 Å². The molecule has 0 saturated carbocycles. The largest absolute Gasteiger partial charge is 0.619 e. The lowest BCUT2D eigenvalue weighted by Crippen LogP contribution is -2.50. The van der Waals surface area contributed by atoms with E-state index >= 15 is 0 Å². The van der Waals surface area contributed by atoms with Gasteiger partial charge in [-0.1, -0.05) is 11.6 Å². The Hall–Kier alpha value is -3.61. The van der Waals surface area contributed by atoms with E-state index in [9.17, 15) is 18.4 Å². The summed E-state index contributed by atoms with van der Waals surface area (Å²) in [4.78, 5) is 29.9. The molecule has 0 unspecified atom stereocenters. The number of H-pyrrole nitrogens is 1. The van der Waals surface area contributed by atoms with E-state index in [-0.39, 0.29) is 37.2 Å². The van der Waals surface area contributed by atoms with E-state index < -0.39 is 10.0 Å². The van der Waals surface area contributed by atoms with E-state index in [4.69, 9.17) is 11.6 Å². The fourth-order valence-electron chi connectivity index (χ4n) is 3.67. The average Bonchev–Trinajstić information content (AvgIpc) is 3.28. The number of carbonyl (C=O) groups excluding carboxylic acids is 1. The van der Waals surface area contributed by atoms with Gasteiger partial charge >= 0.3 is 0 Å². The third kappa shape index (κ3) is 4.18. The second kappa shape index (κ2) is 8.63. The molecule has 11 nitrogen and oxygen atoms in total. The number of pyridine rings is 1. The summed E-state index contributed by atoms with van der Waals surface area (Å²) in [5.41, 5.74) is 1.98. The number of piperazine rings is 1. The van der Waals surface area contributed by atoms with Gasteiger partial charge in [0.2, 0.25) is 5.16 Å². The molecule has 1 saturated heterocycles. The highest BCUT2D eigenvalue weighted by atomic mass is 35.5. The lowest BCUT2D eigenvalue weighted by Gasteiger charge is -2.33. The molecule has 3 aromatic heterocycles. The first-order valence-corrected chi connectivity index (χ1v) is 12.1. The number of rotatable bonds is 4. The molecule has 0 spiro atoms. The summed E-state index contributed by atoms with van der Waals surface area (Å²) in [7, 11) is -3.85. The fraction of sp³-hybridized carbons (Fsp3) is 0.190. The SMILES string of the molecule is O=C(c1cnc(-c2cc[n+]([O-])cc2)nc1)N1CCN(S(=O)(=O)c2nc3ccc(Cl)cc3[nH]2)CC1. The van der Waals surface area contributed by atoms with Crippen molar-refractivity contribution >= 4 is 38.6 Å². The Morgan fingerprint density at radius 2 is 1.74 bits per heavy atom. The number of nitrogens with zero attached hydrogens (tertiary/aromatic N) is 6. The highest BCUT2D eigenvalue weighted by Gasteiger charge is 2.32. The van der Waals surface area contributed by atoms with Gasteiger partial charge in [-0.05, 0) is 18.2 Å². The van der Waals surface area contributed by atoms with Crippen molar-refractivity contribution in [3.63, 3.8) is 0 Å². The molecule has 4 aromatic rings. The van der Waals surface area contributed by atoms with E-state index in [0.29, 0.717) is 37.7 Å². The number of sulfonamides is 1. The van der Waals surface area contributed by atoms with Gasteiger partial charge in [-0.3, -0.25) is 4.79 Å². The third-order valence-electron chi connectivity index (χ3n) is 5.49. The van der Waals surface area contributed by atoms with E-state index in [2.05, 4.69) is 19.9 Å². The molecule has 34 heavy (non-hydrogen) atoms. The summed E-state index contributed by atoms with van der Waals surface area (Å²) >= 11 is 5.97. The van der Waals surface area contributed by atoms with Crippen LogP contribution in [0.25, 0.3) is 22.4 Å². The number of amides is 1. The summed E-state index contributed by atoms with van der Waals surface area (Å²) < 4.78 is 28.0. The summed E-state index contributed by atoms with van der Waals surface area (Å²) in [6.07, 6.45) is 5.52. The normalized spacial score (nSPS) is 15.0. The topological polar surface area (TPSA) is 139 Å². The van der Waals surface area contributed by atoms with Crippen LogP contribution in [0.15, 0.2) is 60.3 Å². The van der Waals surface area contributed by atoms with Crippen LogP contribution in [0, 0.1) is 5.21 Å². The van der Waals surface area contributed by atoms with Crippen LogP contribution in [0.3, 0.4) is 0 Å². The molecule has 13 heteroatoms. The third-order valence-corrected chi connectivity index (χ3v) is 7.45. The zero-order chi connectivity index (χ0) is 23.9. The minimum absolute atomic E-state index is 0.129. The second-order valence-corrected chi connectivity index (χ2v) is 9.93. The number of carbonyl (C=O) groups is 1. The predicted octanol–water partition coefficient (Wildman–Crippen LogP) is 1.45. The zero-order valence-electron chi connectivity index (χ0n) is 17.6. The van der Waals surface area contributed by atoms with Gasteiger partial charge in [0.05, 0.1) is 16.6 Å². The Bertz CT molecular complexity index is 1470. The van der Waals surface area contributed by atoms with Crippen molar-refractivity contribution in [2.24, 2.45) is 0 Å². The standard InChI is InChI=1S/C21H18ClN7O4S/c22-16-1-2-17-18(11-16)26-21(25-17)34(32,33)29-9-7-27(8-10-29)20(30)15-12-23-19(24-13-15)14-3-5-28(31)6-4-14/h1-6,11-13H,7-10H2,(H,25,26). The molecule has 4 heterocycles. The maximum absolute atomic E-state index is 13.0. The number of aromatic nitrogens is 5. The van der Waals surface area contributed by atoms with Crippen LogP contribution in [-0.4, -0.2) is 69.6 Å². The summed E-state index contributed by atoms with van der Waals surface area (Å²) in [6.45, 7) is 0.691. The number of aromatic amines is 1. The van der Waals surface area contributed by atoms with Crippen molar-refractivity contribution < 1.29 is 17.9 Å². The first-order chi connectivity index (χ1) is 16.3. The van der Waals surface area contributed by atoms with Gasteiger partial charge in [-0.25, -0.2) is 23.4 Å². The number of halogens is 1. The molecular weight excluding hydrogens is 482 g/mol. The smallest absolute Gasteiger partial charge is 0.276 e. The molecule has 1 fully saturated rings. The lowest BCUT2D eigenvalue weighted by atomic mass is 10.2. The van der Waals surface area contributed by atoms with Gasteiger partial charge in [0.1, 0.15) is 0 Å². The minimum atomic E-state index is -3.85. The highest BCUT2D eigenvalue weighted by molar-refractivity contribution is 7.89. The quantitative estimate of drug-likeness (QED) is 0.331. The molecule has 1 N–H and O–H groups in total. The maximum atomic E-state index is 13.0. The monoisotopic (exact) mass is 499 g/mol. The molecule has 5 rings (SSSR count). The highest BCUT2D eigenvalue weighted by Crippen LogP contribution is 2.22. The molecular formula is C21H18ClN7O4S. The second-order valence-electron chi connectivity index (χ2n) is 7.64. The number of benzene rings is 1. The summed E-state index contributed by atoms with van der Waals surface area (Å²) in [6, 6.07) is 8.07. The lowest BCUT2D eigenvalue weighted by molar-refractivity contribution is -0.605. The average molecular weight is 500 g/mol. The van der Waals surface area contributed by atoms with Crippen LogP contribution in [0.5, 0.6) is 0 Å². The van der Waals surface area contributed by atoms with Crippen molar-refractivity contribution in [3.8, 4) is 11.4 Å². The molecule has 0 radical (unpaired) electrons. The molecule has 1 aliphatic rings. The first kappa shape index (κ1) is 22.2. The molecule has 0 bridgehead atoms. The predicted molar refractivity (Wildman–Crippen MR) is 122 cm³/mol. The van der Waals surface area contributed by atoms with Crippen LogP contribution >= 0.6 is 11.6 Å². The van der Waals surface area contributed by atoms with Gasteiger partial charge in [-0.2, -0.15) is 9.04 Å². The molecule has 1 amide bonds.